The molecule has 4 heteroatoms. The smallest absolute Gasteiger partial charge is 0.224 e. The summed E-state index contributed by atoms with van der Waals surface area (Å²) in [5.41, 5.74) is 0.757. The van der Waals surface area contributed by atoms with Crippen LogP contribution in [-0.2, 0) is 4.79 Å². The number of hydrogen-bond donors (Lipinski definition) is 1. The Bertz CT molecular complexity index is 429. The molecule has 1 aromatic rings. The zero-order valence-corrected chi connectivity index (χ0v) is 10.9. The van der Waals surface area contributed by atoms with Crippen molar-refractivity contribution in [3.05, 3.63) is 18.2 Å². The molecule has 2 rings (SSSR count). The number of benzene rings is 1. The van der Waals surface area contributed by atoms with Crippen molar-refractivity contribution in [3.8, 4) is 11.5 Å². The van der Waals surface area contributed by atoms with Crippen molar-refractivity contribution in [2.24, 2.45) is 5.92 Å². The highest BCUT2D eigenvalue weighted by Crippen LogP contribution is 2.32. The maximum Gasteiger partial charge on any atom is 0.224 e. The fraction of sp³-hybridized carbons (Fsp3) is 0.500. The van der Waals surface area contributed by atoms with E-state index in [1.54, 1.807) is 0 Å². The minimum atomic E-state index is 0.0420. The number of ether oxygens (including phenoxy) is 2. The van der Waals surface area contributed by atoms with Gasteiger partial charge in [0.2, 0.25) is 5.91 Å². The first kappa shape index (κ1) is 12.7. The van der Waals surface area contributed by atoms with Crippen LogP contribution in [0.15, 0.2) is 18.2 Å². The summed E-state index contributed by atoms with van der Waals surface area (Å²) in [5, 5.41) is 2.87. The van der Waals surface area contributed by atoms with Gasteiger partial charge < -0.3 is 14.8 Å². The van der Waals surface area contributed by atoms with E-state index in [1.165, 1.54) is 0 Å². The molecule has 1 aromatic carbocycles. The largest absolute Gasteiger partial charge is 0.486 e. The average Bonchev–Trinajstić information content (AvgIpc) is 2.36. The minimum absolute atomic E-state index is 0.0420. The Balaban J connectivity index is 1.95. The monoisotopic (exact) mass is 249 g/mol. The molecule has 1 heterocycles. The van der Waals surface area contributed by atoms with Gasteiger partial charge in [-0.3, -0.25) is 4.79 Å². The molecule has 0 spiro atoms. The summed E-state index contributed by atoms with van der Waals surface area (Å²) in [5.74, 6) is 2.01. The molecular weight excluding hydrogens is 230 g/mol. The van der Waals surface area contributed by atoms with E-state index < -0.39 is 0 Å². The summed E-state index contributed by atoms with van der Waals surface area (Å²) in [6.45, 7) is 5.35. The van der Waals surface area contributed by atoms with Gasteiger partial charge in [0.1, 0.15) is 13.2 Å². The summed E-state index contributed by atoms with van der Waals surface area (Å²) < 4.78 is 10.9. The number of carbonyl (C=O) groups is 1. The van der Waals surface area contributed by atoms with E-state index >= 15 is 0 Å². The first-order chi connectivity index (χ1) is 8.65. The molecule has 0 radical (unpaired) electrons. The lowest BCUT2D eigenvalue weighted by atomic mass is 10.1. The molecule has 1 aliphatic rings. The molecule has 1 N–H and O–H groups in total. The predicted octanol–water partition coefficient (Wildman–Crippen LogP) is 2.83. The Kier molecular flexibility index (Phi) is 4.07. The average molecular weight is 249 g/mol. The van der Waals surface area contributed by atoms with Crippen LogP contribution >= 0.6 is 0 Å². The van der Waals surface area contributed by atoms with Crippen LogP contribution in [0.1, 0.15) is 26.7 Å². The van der Waals surface area contributed by atoms with Crippen molar-refractivity contribution in [2.75, 3.05) is 18.5 Å². The quantitative estimate of drug-likeness (QED) is 0.892. The molecule has 1 amide bonds. The normalized spacial score (nSPS) is 13.5. The van der Waals surface area contributed by atoms with Gasteiger partial charge in [0.15, 0.2) is 11.5 Å². The van der Waals surface area contributed by atoms with Crippen LogP contribution in [0.4, 0.5) is 5.69 Å². The highest BCUT2D eigenvalue weighted by Gasteiger charge is 2.12. The Labute approximate surface area is 107 Å². The summed E-state index contributed by atoms with van der Waals surface area (Å²) in [6, 6.07) is 5.47. The van der Waals surface area contributed by atoms with Gasteiger partial charge in [0.25, 0.3) is 0 Å². The van der Waals surface area contributed by atoms with Crippen molar-refractivity contribution in [2.45, 2.75) is 26.7 Å². The first-order valence-electron chi connectivity index (χ1n) is 6.34. The van der Waals surface area contributed by atoms with Crippen LogP contribution < -0.4 is 14.8 Å². The Morgan fingerprint density at radius 2 is 2.00 bits per heavy atom. The maximum atomic E-state index is 11.7. The minimum Gasteiger partial charge on any atom is -0.486 e. The third kappa shape index (κ3) is 3.39. The lowest BCUT2D eigenvalue weighted by Crippen LogP contribution is -2.16. The Morgan fingerprint density at radius 3 is 2.72 bits per heavy atom. The fourth-order valence-electron chi connectivity index (χ4n) is 1.76. The van der Waals surface area contributed by atoms with Crippen molar-refractivity contribution >= 4 is 11.6 Å². The van der Waals surface area contributed by atoms with Gasteiger partial charge >= 0.3 is 0 Å². The second-order valence-electron chi connectivity index (χ2n) is 4.84. The standard InChI is InChI=1S/C14H19NO3/c1-10(2)3-6-14(16)15-11-4-5-12-13(9-11)18-8-7-17-12/h4-5,9-10H,3,6-8H2,1-2H3,(H,15,16). The molecule has 0 fully saturated rings. The van der Waals surface area contributed by atoms with Crippen LogP contribution in [0, 0.1) is 5.92 Å². The van der Waals surface area contributed by atoms with Gasteiger partial charge in [-0.25, -0.2) is 0 Å². The third-order valence-corrected chi connectivity index (χ3v) is 2.77. The number of anilines is 1. The van der Waals surface area contributed by atoms with Gasteiger partial charge in [0, 0.05) is 18.2 Å². The molecule has 0 aromatic heterocycles. The SMILES string of the molecule is CC(C)CCC(=O)Nc1ccc2c(c1)OCCO2. The van der Waals surface area contributed by atoms with Gasteiger partial charge in [-0.05, 0) is 24.5 Å². The Hall–Kier alpha value is -1.71. The van der Waals surface area contributed by atoms with Crippen molar-refractivity contribution in [1.82, 2.24) is 0 Å². The summed E-state index contributed by atoms with van der Waals surface area (Å²) >= 11 is 0. The fourth-order valence-corrected chi connectivity index (χ4v) is 1.76. The second kappa shape index (κ2) is 5.76. The van der Waals surface area contributed by atoms with Crippen LogP contribution in [0.5, 0.6) is 11.5 Å². The van der Waals surface area contributed by atoms with E-state index in [9.17, 15) is 4.79 Å². The van der Waals surface area contributed by atoms with E-state index in [0.29, 0.717) is 31.3 Å². The number of carbonyl (C=O) groups excluding carboxylic acids is 1. The van der Waals surface area contributed by atoms with Crippen LogP contribution in [0.2, 0.25) is 0 Å². The molecule has 4 nitrogen and oxygen atoms in total. The van der Waals surface area contributed by atoms with Crippen LogP contribution in [0.25, 0.3) is 0 Å². The zero-order chi connectivity index (χ0) is 13.0. The number of nitrogens with one attached hydrogen (secondary N) is 1. The molecule has 1 aliphatic heterocycles. The maximum absolute atomic E-state index is 11.7. The second-order valence-corrected chi connectivity index (χ2v) is 4.84. The summed E-state index contributed by atoms with van der Waals surface area (Å²) in [6.07, 6.45) is 1.45. The lowest BCUT2D eigenvalue weighted by Gasteiger charge is -2.19. The van der Waals surface area contributed by atoms with E-state index in [2.05, 4.69) is 19.2 Å². The van der Waals surface area contributed by atoms with Crippen molar-refractivity contribution < 1.29 is 14.3 Å². The molecule has 98 valence electrons. The van der Waals surface area contributed by atoms with Gasteiger partial charge in [-0.2, -0.15) is 0 Å². The van der Waals surface area contributed by atoms with Crippen LogP contribution in [-0.4, -0.2) is 19.1 Å². The number of fused-ring (bicyclic) bond motifs is 1. The first-order valence-corrected chi connectivity index (χ1v) is 6.34. The highest BCUT2D eigenvalue weighted by atomic mass is 16.6. The lowest BCUT2D eigenvalue weighted by molar-refractivity contribution is -0.116. The van der Waals surface area contributed by atoms with E-state index in [-0.39, 0.29) is 5.91 Å². The predicted molar refractivity (Wildman–Crippen MR) is 70.1 cm³/mol. The zero-order valence-electron chi connectivity index (χ0n) is 10.9. The number of amides is 1. The van der Waals surface area contributed by atoms with Gasteiger partial charge in [0.05, 0.1) is 0 Å². The molecular formula is C14H19NO3. The van der Waals surface area contributed by atoms with Crippen molar-refractivity contribution in [1.29, 1.82) is 0 Å². The van der Waals surface area contributed by atoms with E-state index in [0.717, 1.165) is 17.9 Å². The van der Waals surface area contributed by atoms with E-state index in [1.807, 2.05) is 18.2 Å². The molecule has 0 bridgehead atoms. The topological polar surface area (TPSA) is 47.6 Å². The third-order valence-electron chi connectivity index (χ3n) is 2.77. The molecule has 0 aliphatic carbocycles. The summed E-state index contributed by atoms with van der Waals surface area (Å²) in [4.78, 5) is 11.7. The number of hydrogen-bond acceptors (Lipinski definition) is 3. The molecule has 0 saturated carbocycles. The van der Waals surface area contributed by atoms with E-state index in [4.69, 9.17) is 9.47 Å². The van der Waals surface area contributed by atoms with Gasteiger partial charge in [-0.1, -0.05) is 13.8 Å². The molecule has 18 heavy (non-hydrogen) atoms. The van der Waals surface area contributed by atoms with Gasteiger partial charge in [-0.15, -0.1) is 0 Å². The van der Waals surface area contributed by atoms with Crippen molar-refractivity contribution in [3.63, 3.8) is 0 Å². The number of rotatable bonds is 4. The molecule has 0 atom stereocenters. The highest BCUT2D eigenvalue weighted by molar-refractivity contribution is 5.91. The molecule has 0 saturated heterocycles. The van der Waals surface area contributed by atoms with Crippen LogP contribution in [0.3, 0.4) is 0 Å². The Morgan fingerprint density at radius 1 is 1.28 bits per heavy atom. The molecule has 0 unspecified atom stereocenters. The summed E-state index contributed by atoms with van der Waals surface area (Å²) in [7, 11) is 0.